The SMILES string of the molecule is C=CF.COc1nc(N(C)C)nc(OC)c1C. The van der Waals surface area contributed by atoms with Crippen molar-refractivity contribution in [3.05, 3.63) is 18.5 Å². The largest absolute Gasteiger partial charge is 0.481 e. The standard InChI is InChI=1S/C9H15N3O2.C2H3F/c1-6-7(13-4)10-9(12(2)3)11-8(6)14-5;1-2-3/h1-5H3;2H,1H2. The van der Waals surface area contributed by atoms with Gasteiger partial charge in [0.1, 0.15) is 0 Å². The molecule has 0 unspecified atom stereocenters. The van der Waals surface area contributed by atoms with E-state index in [4.69, 9.17) is 9.47 Å². The molecule has 0 atom stereocenters. The van der Waals surface area contributed by atoms with E-state index >= 15 is 0 Å². The number of ether oxygens (including phenoxy) is 2. The quantitative estimate of drug-likeness (QED) is 0.812. The lowest BCUT2D eigenvalue weighted by molar-refractivity contribution is 0.366. The summed E-state index contributed by atoms with van der Waals surface area (Å²) in [4.78, 5) is 10.2. The fourth-order valence-electron chi connectivity index (χ4n) is 1.06. The lowest BCUT2D eigenvalue weighted by Crippen LogP contribution is -2.14. The zero-order chi connectivity index (χ0) is 13.4. The second-order valence-corrected chi connectivity index (χ2v) is 3.22. The van der Waals surface area contributed by atoms with Gasteiger partial charge in [0.25, 0.3) is 0 Å². The maximum Gasteiger partial charge on any atom is 0.231 e. The molecule has 5 nitrogen and oxygen atoms in total. The van der Waals surface area contributed by atoms with Gasteiger partial charge in [0.05, 0.1) is 26.1 Å². The van der Waals surface area contributed by atoms with E-state index in [1.54, 1.807) is 19.1 Å². The van der Waals surface area contributed by atoms with E-state index in [2.05, 4.69) is 16.5 Å². The van der Waals surface area contributed by atoms with Crippen molar-refractivity contribution in [2.45, 2.75) is 6.92 Å². The number of hydrogen-bond donors (Lipinski definition) is 0. The summed E-state index contributed by atoms with van der Waals surface area (Å²) in [6.45, 7) is 4.55. The fraction of sp³-hybridized carbons (Fsp3) is 0.455. The van der Waals surface area contributed by atoms with Crippen molar-refractivity contribution in [3.63, 3.8) is 0 Å². The van der Waals surface area contributed by atoms with E-state index < -0.39 is 0 Å². The van der Waals surface area contributed by atoms with Gasteiger partial charge in [-0.2, -0.15) is 9.97 Å². The number of halogens is 1. The van der Waals surface area contributed by atoms with E-state index in [0.29, 0.717) is 17.7 Å². The van der Waals surface area contributed by atoms with Crippen molar-refractivity contribution < 1.29 is 13.9 Å². The minimum atomic E-state index is 0.250. The minimum Gasteiger partial charge on any atom is -0.481 e. The summed E-state index contributed by atoms with van der Waals surface area (Å²) < 4.78 is 20.3. The highest BCUT2D eigenvalue weighted by atomic mass is 19.1. The third kappa shape index (κ3) is 4.26. The Kier molecular flexibility index (Phi) is 6.62. The topological polar surface area (TPSA) is 47.5 Å². The molecule has 0 bridgehead atoms. The second kappa shape index (κ2) is 7.43. The number of nitrogens with zero attached hydrogens (tertiary/aromatic N) is 3. The number of methoxy groups -OCH3 is 2. The van der Waals surface area contributed by atoms with E-state index in [9.17, 15) is 4.39 Å². The van der Waals surface area contributed by atoms with Crippen LogP contribution in [0.25, 0.3) is 0 Å². The molecule has 1 rings (SSSR count). The van der Waals surface area contributed by atoms with Gasteiger partial charge in [0, 0.05) is 14.1 Å². The Bertz CT molecular complexity index is 345. The molecule has 0 aromatic carbocycles. The van der Waals surface area contributed by atoms with E-state index in [0.717, 1.165) is 5.56 Å². The zero-order valence-electron chi connectivity index (χ0n) is 10.8. The maximum absolute atomic E-state index is 10.1. The summed E-state index contributed by atoms with van der Waals surface area (Å²) in [5.74, 6) is 1.66. The van der Waals surface area contributed by atoms with Crippen LogP contribution in [0.2, 0.25) is 0 Å². The van der Waals surface area contributed by atoms with Gasteiger partial charge in [-0.1, -0.05) is 6.58 Å². The van der Waals surface area contributed by atoms with Crippen LogP contribution in [0.5, 0.6) is 11.8 Å². The third-order valence-electron chi connectivity index (χ3n) is 1.83. The van der Waals surface area contributed by atoms with Crippen molar-refractivity contribution in [3.8, 4) is 11.8 Å². The molecule has 0 amide bonds. The molecule has 0 spiro atoms. The van der Waals surface area contributed by atoms with Crippen molar-refractivity contribution in [1.82, 2.24) is 9.97 Å². The van der Waals surface area contributed by atoms with E-state index in [1.165, 1.54) is 0 Å². The highest BCUT2D eigenvalue weighted by Gasteiger charge is 2.12. The van der Waals surface area contributed by atoms with Crippen LogP contribution in [0.15, 0.2) is 12.9 Å². The number of hydrogen-bond acceptors (Lipinski definition) is 5. The lowest BCUT2D eigenvalue weighted by atomic mass is 10.3. The van der Waals surface area contributed by atoms with Gasteiger partial charge in [-0.15, -0.1) is 0 Å². The van der Waals surface area contributed by atoms with Crippen LogP contribution < -0.4 is 14.4 Å². The van der Waals surface area contributed by atoms with Gasteiger partial charge < -0.3 is 14.4 Å². The number of anilines is 1. The molecule has 96 valence electrons. The van der Waals surface area contributed by atoms with Crippen molar-refractivity contribution >= 4 is 5.95 Å². The lowest BCUT2D eigenvalue weighted by Gasteiger charge is -2.14. The number of aromatic nitrogens is 2. The Balaban J connectivity index is 0.000000770. The third-order valence-corrected chi connectivity index (χ3v) is 1.83. The predicted molar refractivity (Wildman–Crippen MR) is 65.5 cm³/mol. The maximum atomic E-state index is 10.1. The Morgan fingerprint density at radius 1 is 1.18 bits per heavy atom. The molecular formula is C11H18FN3O2. The van der Waals surface area contributed by atoms with Gasteiger partial charge in [0.15, 0.2) is 0 Å². The summed E-state index contributed by atoms with van der Waals surface area (Å²) in [7, 11) is 6.88. The summed E-state index contributed by atoms with van der Waals surface area (Å²) in [5, 5.41) is 0. The molecule has 17 heavy (non-hydrogen) atoms. The molecule has 1 aromatic heterocycles. The highest BCUT2D eigenvalue weighted by molar-refractivity contribution is 5.41. The van der Waals surface area contributed by atoms with Crippen LogP contribution in [-0.2, 0) is 0 Å². The molecule has 0 fully saturated rings. The molecule has 0 aliphatic carbocycles. The van der Waals surface area contributed by atoms with Crippen LogP contribution in [0, 0.1) is 6.92 Å². The van der Waals surface area contributed by atoms with Crippen molar-refractivity contribution in [1.29, 1.82) is 0 Å². The van der Waals surface area contributed by atoms with Gasteiger partial charge >= 0.3 is 0 Å². The molecule has 0 saturated carbocycles. The van der Waals surface area contributed by atoms with Crippen LogP contribution >= 0.6 is 0 Å². The number of rotatable bonds is 3. The van der Waals surface area contributed by atoms with E-state index in [-0.39, 0.29) is 6.33 Å². The summed E-state index contributed by atoms with van der Waals surface area (Å²) in [6, 6.07) is 0. The fourth-order valence-corrected chi connectivity index (χ4v) is 1.06. The van der Waals surface area contributed by atoms with E-state index in [1.807, 2.05) is 21.0 Å². The first kappa shape index (κ1) is 15.2. The molecule has 0 saturated heterocycles. The molecule has 1 heterocycles. The molecule has 6 heteroatoms. The summed E-state index contributed by atoms with van der Waals surface area (Å²) in [5.41, 5.74) is 0.806. The average molecular weight is 243 g/mol. The van der Waals surface area contributed by atoms with Gasteiger partial charge in [-0.25, -0.2) is 4.39 Å². The zero-order valence-corrected chi connectivity index (χ0v) is 10.8. The van der Waals surface area contributed by atoms with Crippen LogP contribution in [0.3, 0.4) is 0 Å². The first-order valence-electron chi connectivity index (χ1n) is 4.86. The molecule has 0 aliphatic rings. The predicted octanol–water partition coefficient (Wildman–Crippen LogP) is 1.97. The minimum absolute atomic E-state index is 0.250. The van der Waals surface area contributed by atoms with Crippen molar-refractivity contribution in [2.75, 3.05) is 33.2 Å². The highest BCUT2D eigenvalue weighted by Crippen LogP contribution is 2.25. The van der Waals surface area contributed by atoms with Crippen LogP contribution in [0.4, 0.5) is 10.3 Å². The average Bonchev–Trinajstić information content (AvgIpc) is 2.30. The van der Waals surface area contributed by atoms with Crippen LogP contribution in [-0.4, -0.2) is 38.3 Å². The summed E-state index contributed by atoms with van der Waals surface area (Å²) >= 11 is 0. The van der Waals surface area contributed by atoms with Gasteiger partial charge in [0.2, 0.25) is 17.7 Å². The second-order valence-electron chi connectivity index (χ2n) is 3.22. The molecule has 1 aromatic rings. The van der Waals surface area contributed by atoms with Gasteiger partial charge in [-0.05, 0) is 6.92 Å². The molecule has 0 N–H and O–H groups in total. The molecule has 0 radical (unpaired) electrons. The first-order chi connectivity index (χ1) is 8.01. The van der Waals surface area contributed by atoms with Crippen molar-refractivity contribution in [2.24, 2.45) is 0 Å². The Labute approximate surface area is 101 Å². The monoisotopic (exact) mass is 243 g/mol. The van der Waals surface area contributed by atoms with Gasteiger partial charge in [-0.3, -0.25) is 0 Å². The molecule has 0 aliphatic heterocycles. The smallest absolute Gasteiger partial charge is 0.231 e. The summed E-state index contributed by atoms with van der Waals surface area (Å²) in [6.07, 6.45) is 0.250. The Hall–Kier alpha value is -1.85. The molecular weight excluding hydrogens is 225 g/mol. The first-order valence-corrected chi connectivity index (χ1v) is 4.86. The Morgan fingerprint density at radius 2 is 1.53 bits per heavy atom. The van der Waals surface area contributed by atoms with Crippen LogP contribution in [0.1, 0.15) is 5.56 Å². The normalized spacial score (nSPS) is 8.82. The Morgan fingerprint density at radius 3 is 1.76 bits per heavy atom.